The molecular formula is C16H19BrN2O. The molecule has 0 unspecified atom stereocenters. The second kappa shape index (κ2) is 6.75. The van der Waals surface area contributed by atoms with Crippen molar-refractivity contribution >= 4 is 21.8 Å². The van der Waals surface area contributed by atoms with Crippen LogP contribution in [0.4, 0.5) is 0 Å². The van der Waals surface area contributed by atoms with E-state index in [1.807, 2.05) is 29.0 Å². The number of aryl methyl sites for hydroxylation is 2. The molecule has 0 aliphatic heterocycles. The van der Waals surface area contributed by atoms with Crippen LogP contribution in [0.2, 0.25) is 0 Å². The normalized spacial score (nSPS) is 10.6. The minimum Gasteiger partial charge on any atom is -0.347 e. The molecule has 1 heterocycles. The average Bonchev–Trinajstić information content (AvgIpc) is 2.79. The molecular weight excluding hydrogens is 316 g/mol. The first-order chi connectivity index (χ1) is 9.60. The molecule has 0 fully saturated rings. The first kappa shape index (κ1) is 14.9. The van der Waals surface area contributed by atoms with Crippen LogP contribution in [0.3, 0.4) is 0 Å². The van der Waals surface area contributed by atoms with E-state index in [1.54, 1.807) is 0 Å². The SMILES string of the molecule is CCCn1cc(Br)cc1C(=O)NCc1ccc(C)cc1. The Morgan fingerprint density at radius 3 is 2.65 bits per heavy atom. The van der Waals surface area contributed by atoms with Crippen LogP contribution < -0.4 is 5.32 Å². The molecule has 2 aromatic rings. The molecule has 106 valence electrons. The summed E-state index contributed by atoms with van der Waals surface area (Å²) in [5.74, 6) is -0.0373. The van der Waals surface area contributed by atoms with E-state index in [0.29, 0.717) is 12.2 Å². The molecule has 0 saturated carbocycles. The lowest BCUT2D eigenvalue weighted by molar-refractivity contribution is 0.0941. The standard InChI is InChI=1S/C16H19BrN2O/c1-3-8-19-11-14(17)9-15(19)16(20)18-10-13-6-4-12(2)5-7-13/h4-7,9,11H,3,8,10H2,1-2H3,(H,18,20). The molecule has 0 atom stereocenters. The van der Waals surface area contributed by atoms with Gasteiger partial charge in [0.15, 0.2) is 0 Å². The third-order valence-electron chi connectivity index (χ3n) is 3.13. The molecule has 0 bridgehead atoms. The zero-order valence-electron chi connectivity index (χ0n) is 11.8. The van der Waals surface area contributed by atoms with Crippen molar-refractivity contribution in [3.63, 3.8) is 0 Å². The summed E-state index contributed by atoms with van der Waals surface area (Å²) in [6.07, 6.45) is 2.95. The van der Waals surface area contributed by atoms with Crippen molar-refractivity contribution in [2.45, 2.75) is 33.4 Å². The predicted molar refractivity (Wildman–Crippen MR) is 84.8 cm³/mol. The zero-order chi connectivity index (χ0) is 14.5. The molecule has 2 rings (SSSR count). The molecule has 0 saturated heterocycles. The summed E-state index contributed by atoms with van der Waals surface area (Å²) >= 11 is 3.42. The maximum atomic E-state index is 12.2. The molecule has 20 heavy (non-hydrogen) atoms. The Balaban J connectivity index is 2.03. The maximum Gasteiger partial charge on any atom is 0.268 e. The number of aromatic nitrogens is 1. The Kier molecular flexibility index (Phi) is 5.01. The molecule has 1 N–H and O–H groups in total. The minimum absolute atomic E-state index is 0.0373. The first-order valence-corrected chi connectivity index (χ1v) is 7.59. The van der Waals surface area contributed by atoms with Crippen LogP contribution in [0, 0.1) is 6.92 Å². The summed E-state index contributed by atoms with van der Waals surface area (Å²) in [5, 5.41) is 2.97. The lowest BCUT2D eigenvalue weighted by Gasteiger charge is -2.09. The first-order valence-electron chi connectivity index (χ1n) is 6.79. The van der Waals surface area contributed by atoms with Gasteiger partial charge in [-0.05, 0) is 40.9 Å². The number of hydrogen-bond acceptors (Lipinski definition) is 1. The Labute approximate surface area is 128 Å². The third-order valence-corrected chi connectivity index (χ3v) is 3.57. The Morgan fingerprint density at radius 2 is 2.00 bits per heavy atom. The Hall–Kier alpha value is -1.55. The number of carbonyl (C=O) groups is 1. The highest BCUT2D eigenvalue weighted by molar-refractivity contribution is 9.10. The molecule has 0 aliphatic rings. The van der Waals surface area contributed by atoms with Crippen molar-refractivity contribution in [1.29, 1.82) is 0 Å². The second-order valence-electron chi connectivity index (χ2n) is 4.91. The lowest BCUT2D eigenvalue weighted by Crippen LogP contribution is -2.25. The molecule has 3 nitrogen and oxygen atoms in total. The summed E-state index contributed by atoms with van der Waals surface area (Å²) in [4.78, 5) is 12.2. The highest BCUT2D eigenvalue weighted by Crippen LogP contribution is 2.15. The summed E-state index contributed by atoms with van der Waals surface area (Å²) in [5.41, 5.74) is 3.03. The largest absolute Gasteiger partial charge is 0.347 e. The van der Waals surface area contributed by atoms with E-state index in [1.165, 1.54) is 5.56 Å². The molecule has 0 radical (unpaired) electrons. The van der Waals surface area contributed by atoms with Gasteiger partial charge in [-0.3, -0.25) is 4.79 Å². The molecule has 4 heteroatoms. The molecule has 1 aromatic carbocycles. The van der Waals surface area contributed by atoms with Crippen molar-refractivity contribution < 1.29 is 4.79 Å². The van der Waals surface area contributed by atoms with Gasteiger partial charge in [-0.2, -0.15) is 0 Å². The smallest absolute Gasteiger partial charge is 0.268 e. The topological polar surface area (TPSA) is 34.0 Å². The van der Waals surface area contributed by atoms with Gasteiger partial charge in [0.1, 0.15) is 5.69 Å². The van der Waals surface area contributed by atoms with Crippen LogP contribution >= 0.6 is 15.9 Å². The fourth-order valence-corrected chi connectivity index (χ4v) is 2.53. The Morgan fingerprint density at radius 1 is 1.30 bits per heavy atom. The third kappa shape index (κ3) is 3.73. The fourth-order valence-electron chi connectivity index (χ4n) is 2.07. The van der Waals surface area contributed by atoms with Crippen molar-refractivity contribution in [3.05, 3.63) is 57.8 Å². The van der Waals surface area contributed by atoms with Gasteiger partial charge < -0.3 is 9.88 Å². The van der Waals surface area contributed by atoms with Crippen molar-refractivity contribution in [2.75, 3.05) is 0 Å². The van der Waals surface area contributed by atoms with Gasteiger partial charge >= 0.3 is 0 Å². The van der Waals surface area contributed by atoms with Crippen molar-refractivity contribution in [3.8, 4) is 0 Å². The summed E-state index contributed by atoms with van der Waals surface area (Å²) in [6, 6.07) is 10.0. The number of nitrogens with one attached hydrogen (secondary N) is 1. The van der Waals surface area contributed by atoms with E-state index in [-0.39, 0.29) is 5.91 Å². The van der Waals surface area contributed by atoms with E-state index < -0.39 is 0 Å². The van der Waals surface area contributed by atoms with Crippen molar-refractivity contribution in [1.82, 2.24) is 9.88 Å². The number of halogens is 1. The van der Waals surface area contributed by atoms with Gasteiger partial charge in [0.05, 0.1) is 0 Å². The van der Waals surface area contributed by atoms with E-state index >= 15 is 0 Å². The highest BCUT2D eigenvalue weighted by Gasteiger charge is 2.12. The maximum absolute atomic E-state index is 12.2. The van der Waals surface area contributed by atoms with Crippen LogP contribution in [0.25, 0.3) is 0 Å². The van der Waals surface area contributed by atoms with Gasteiger partial charge in [0, 0.05) is 23.8 Å². The van der Waals surface area contributed by atoms with E-state index in [4.69, 9.17) is 0 Å². The number of amides is 1. The highest BCUT2D eigenvalue weighted by atomic mass is 79.9. The van der Waals surface area contributed by atoms with Gasteiger partial charge in [-0.1, -0.05) is 36.8 Å². The van der Waals surface area contributed by atoms with E-state index in [2.05, 4.69) is 47.2 Å². The van der Waals surface area contributed by atoms with E-state index in [9.17, 15) is 4.79 Å². The second-order valence-corrected chi connectivity index (χ2v) is 5.82. The minimum atomic E-state index is -0.0373. The molecule has 1 aromatic heterocycles. The lowest BCUT2D eigenvalue weighted by atomic mass is 10.1. The van der Waals surface area contributed by atoms with Crippen LogP contribution in [0.15, 0.2) is 41.0 Å². The summed E-state index contributed by atoms with van der Waals surface area (Å²) < 4.78 is 2.92. The van der Waals surface area contributed by atoms with E-state index in [0.717, 1.165) is 23.0 Å². The zero-order valence-corrected chi connectivity index (χ0v) is 13.4. The molecule has 0 spiro atoms. The van der Waals surface area contributed by atoms with Crippen LogP contribution in [0.1, 0.15) is 35.0 Å². The quantitative estimate of drug-likeness (QED) is 0.883. The van der Waals surface area contributed by atoms with Crippen LogP contribution in [0.5, 0.6) is 0 Å². The average molecular weight is 335 g/mol. The number of rotatable bonds is 5. The van der Waals surface area contributed by atoms with Gasteiger partial charge in [0.2, 0.25) is 0 Å². The summed E-state index contributed by atoms with van der Waals surface area (Å²) in [7, 11) is 0. The number of carbonyl (C=O) groups excluding carboxylic acids is 1. The summed E-state index contributed by atoms with van der Waals surface area (Å²) in [6.45, 7) is 5.55. The van der Waals surface area contributed by atoms with Crippen LogP contribution in [-0.2, 0) is 13.1 Å². The predicted octanol–water partition coefficient (Wildman–Crippen LogP) is 3.90. The van der Waals surface area contributed by atoms with Crippen LogP contribution in [-0.4, -0.2) is 10.5 Å². The fraction of sp³-hybridized carbons (Fsp3) is 0.312. The molecule has 1 amide bonds. The number of hydrogen-bond donors (Lipinski definition) is 1. The number of benzene rings is 1. The molecule has 0 aliphatic carbocycles. The van der Waals surface area contributed by atoms with Gasteiger partial charge in [0.25, 0.3) is 5.91 Å². The van der Waals surface area contributed by atoms with Gasteiger partial charge in [-0.15, -0.1) is 0 Å². The monoisotopic (exact) mass is 334 g/mol. The van der Waals surface area contributed by atoms with Gasteiger partial charge in [-0.25, -0.2) is 0 Å². The van der Waals surface area contributed by atoms with Crippen molar-refractivity contribution in [2.24, 2.45) is 0 Å². The Bertz CT molecular complexity index is 587. The number of nitrogens with zero attached hydrogens (tertiary/aromatic N) is 1.